The van der Waals surface area contributed by atoms with Gasteiger partial charge < -0.3 is 4.74 Å². The van der Waals surface area contributed by atoms with Crippen LogP contribution in [0.5, 0.6) is 5.75 Å². The van der Waals surface area contributed by atoms with Crippen LogP contribution in [0.3, 0.4) is 0 Å². The lowest BCUT2D eigenvalue weighted by atomic mass is 10.1. The molecule has 0 unspecified atom stereocenters. The Morgan fingerprint density at radius 2 is 2.09 bits per heavy atom. The minimum atomic E-state index is 1.00. The van der Waals surface area contributed by atoms with Gasteiger partial charge in [-0.2, -0.15) is 0 Å². The second-order valence-electron chi connectivity index (χ2n) is 2.73. The second-order valence-corrected chi connectivity index (χ2v) is 2.73. The predicted molar refractivity (Wildman–Crippen MR) is 44.5 cm³/mol. The largest absolute Gasteiger partial charge is 0.462 e. The van der Waals surface area contributed by atoms with Crippen molar-refractivity contribution in [1.82, 2.24) is 0 Å². The van der Waals surface area contributed by atoms with Gasteiger partial charge >= 0.3 is 0 Å². The number of benzene rings is 1. The van der Waals surface area contributed by atoms with E-state index in [0.29, 0.717) is 0 Å². The number of fused-ring (bicyclic) bond motifs is 1. The van der Waals surface area contributed by atoms with Gasteiger partial charge in [0.05, 0.1) is 5.76 Å². The number of allylic oxidation sites excluding steroid dienone is 2. The summed E-state index contributed by atoms with van der Waals surface area (Å²) in [5, 5.41) is 0. The van der Waals surface area contributed by atoms with Gasteiger partial charge in [0.15, 0.2) is 0 Å². The molecule has 1 heterocycles. The van der Waals surface area contributed by atoms with Crippen molar-refractivity contribution in [3.05, 3.63) is 41.7 Å². The molecule has 0 spiro atoms. The van der Waals surface area contributed by atoms with Gasteiger partial charge in [-0.05, 0) is 31.1 Å². The standard InChI is InChI=1S/C10H10O/c1-8-6-7-9-4-2-3-5-10(9)11-8/h2-6H,7H2,1H3. The van der Waals surface area contributed by atoms with Crippen LogP contribution in [-0.4, -0.2) is 0 Å². The van der Waals surface area contributed by atoms with E-state index in [1.165, 1.54) is 5.56 Å². The molecule has 1 aromatic carbocycles. The van der Waals surface area contributed by atoms with Crippen LogP contribution in [0, 0.1) is 0 Å². The summed E-state index contributed by atoms with van der Waals surface area (Å²) in [6.45, 7) is 1.98. The van der Waals surface area contributed by atoms with Gasteiger partial charge in [0, 0.05) is 0 Å². The van der Waals surface area contributed by atoms with Crippen LogP contribution in [-0.2, 0) is 6.42 Å². The maximum atomic E-state index is 5.49. The second kappa shape index (κ2) is 2.42. The molecule has 11 heavy (non-hydrogen) atoms. The summed E-state index contributed by atoms with van der Waals surface area (Å²) in [6, 6.07) is 8.14. The third-order valence-electron chi connectivity index (χ3n) is 1.85. The van der Waals surface area contributed by atoms with Crippen molar-refractivity contribution < 1.29 is 4.74 Å². The van der Waals surface area contributed by atoms with Gasteiger partial charge in [-0.1, -0.05) is 18.2 Å². The fraction of sp³-hybridized carbons (Fsp3) is 0.200. The molecule has 0 aliphatic carbocycles. The molecule has 0 fully saturated rings. The summed E-state index contributed by atoms with van der Waals surface area (Å²) >= 11 is 0. The topological polar surface area (TPSA) is 9.23 Å². The van der Waals surface area contributed by atoms with Crippen LogP contribution in [0.1, 0.15) is 12.5 Å². The Morgan fingerprint density at radius 3 is 3.00 bits per heavy atom. The van der Waals surface area contributed by atoms with E-state index >= 15 is 0 Å². The molecule has 0 radical (unpaired) electrons. The van der Waals surface area contributed by atoms with Crippen LogP contribution >= 0.6 is 0 Å². The van der Waals surface area contributed by atoms with E-state index in [2.05, 4.69) is 12.1 Å². The fourth-order valence-electron chi connectivity index (χ4n) is 1.24. The molecular formula is C10H10O. The molecule has 1 nitrogen and oxygen atoms in total. The predicted octanol–water partition coefficient (Wildman–Crippen LogP) is 2.53. The molecule has 56 valence electrons. The van der Waals surface area contributed by atoms with Crippen molar-refractivity contribution >= 4 is 0 Å². The highest BCUT2D eigenvalue weighted by molar-refractivity contribution is 5.38. The van der Waals surface area contributed by atoms with Gasteiger partial charge in [0.1, 0.15) is 5.75 Å². The third-order valence-corrected chi connectivity index (χ3v) is 1.85. The lowest BCUT2D eigenvalue weighted by molar-refractivity contribution is 0.412. The molecule has 0 N–H and O–H groups in total. The summed E-state index contributed by atoms with van der Waals surface area (Å²) in [5.74, 6) is 2.01. The molecule has 0 bridgehead atoms. The first kappa shape index (κ1) is 6.47. The molecular weight excluding hydrogens is 136 g/mol. The van der Waals surface area contributed by atoms with Crippen molar-refractivity contribution in [2.75, 3.05) is 0 Å². The van der Waals surface area contributed by atoms with Gasteiger partial charge in [0.2, 0.25) is 0 Å². The molecule has 0 saturated heterocycles. The van der Waals surface area contributed by atoms with Crippen molar-refractivity contribution in [3.63, 3.8) is 0 Å². The molecule has 0 amide bonds. The Morgan fingerprint density at radius 1 is 1.27 bits per heavy atom. The highest BCUT2D eigenvalue weighted by atomic mass is 16.5. The van der Waals surface area contributed by atoms with E-state index in [4.69, 9.17) is 4.74 Å². The first-order chi connectivity index (χ1) is 5.36. The Hall–Kier alpha value is -1.24. The van der Waals surface area contributed by atoms with Gasteiger partial charge in [-0.25, -0.2) is 0 Å². The Bertz CT molecular complexity index is 299. The molecule has 0 saturated carbocycles. The normalized spacial score (nSPS) is 14.8. The first-order valence-electron chi connectivity index (χ1n) is 3.79. The third kappa shape index (κ3) is 1.14. The number of hydrogen-bond acceptors (Lipinski definition) is 1. The van der Waals surface area contributed by atoms with Crippen LogP contribution in [0.15, 0.2) is 36.1 Å². The maximum Gasteiger partial charge on any atom is 0.130 e. The molecule has 1 aliphatic heterocycles. The minimum absolute atomic E-state index is 1.00. The zero-order chi connectivity index (χ0) is 7.68. The maximum absolute atomic E-state index is 5.49. The van der Waals surface area contributed by atoms with Gasteiger partial charge in [-0.3, -0.25) is 0 Å². The molecule has 1 aromatic rings. The van der Waals surface area contributed by atoms with Crippen LogP contribution in [0.4, 0.5) is 0 Å². The summed E-state index contributed by atoms with van der Waals surface area (Å²) in [6.07, 6.45) is 3.10. The first-order valence-corrected chi connectivity index (χ1v) is 3.79. The van der Waals surface area contributed by atoms with Crippen molar-refractivity contribution in [3.8, 4) is 5.75 Å². The van der Waals surface area contributed by atoms with E-state index in [-0.39, 0.29) is 0 Å². The smallest absolute Gasteiger partial charge is 0.130 e. The molecule has 2 rings (SSSR count). The SMILES string of the molecule is CC1=CCc2ccccc2O1. The van der Waals surface area contributed by atoms with E-state index in [0.717, 1.165) is 17.9 Å². The van der Waals surface area contributed by atoms with E-state index in [1.807, 2.05) is 25.1 Å². The van der Waals surface area contributed by atoms with Crippen molar-refractivity contribution in [2.45, 2.75) is 13.3 Å². The van der Waals surface area contributed by atoms with Gasteiger partial charge in [-0.15, -0.1) is 0 Å². The zero-order valence-corrected chi connectivity index (χ0v) is 6.50. The Kier molecular flexibility index (Phi) is 1.42. The van der Waals surface area contributed by atoms with Crippen LogP contribution in [0.25, 0.3) is 0 Å². The number of para-hydroxylation sites is 1. The summed E-state index contributed by atoms with van der Waals surface area (Å²) in [7, 11) is 0. The molecule has 0 aromatic heterocycles. The van der Waals surface area contributed by atoms with Crippen molar-refractivity contribution in [1.29, 1.82) is 0 Å². The lowest BCUT2D eigenvalue weighted by Gasteiger charge is -2.14. The number of ether oxygens (including phenoxy) is 1. The summed E-state index contributed by atoms with van der Waals surface area (Å²) in [5.41, 5.74) is 1.28. The quantitative estimate of drug-likeness (QED) is 0.546. The average Bonchev–Trinajstić information content (AvgIpc) is 2.04. The molecule has 1 aliphatic rings. The summed E-state index contributed by atoms with van der Waals surface area (Å²) < 4.78 is 5.49. The monoisotopic (exact) mass is 146 g/mol. The van der Waals surface area contributed by atoms with E-state index < -0.39 is 0 Å². The zero-order valence-electron chi connectivity index (χ0n) is 6.50. The molecule has 1 heteroatoms. The van der Waals surface area contributed by atoms with Gasteiger partial charge in [0.25, 0.3) is 0 Å². The van der Waals surface area contributed by atoms with Crippen LogP contribution < -0.4 is 4.74 Å². The number of hydrogen-bond donors (Lipinski definition) is 0. The number of rotatable bonds is 0. The highest BCUT2D eigenvalue weighted by Crippen LogP contribution is 2.24. The lowest BCUT2D eigenvalue weighted by Crippen LogP contribution is -2.00. The highest BCUT2D eigenvalue weighted by Gasteiger charge is 2.06. The summed E-state index contributed by atoms with van der Waals surface area (Å²) in [4.78, 5) is 0. The van der Waals surface area contributed by atoms with E-state index in [9.17, 15) is 0 Å². The van der Waals surface area contributed by atoms with Crippen molar-refractivity contribution in [2.24, 2.45) is 0 Å². The minimum Gasteiger partial charge on any atom is -0.462 e. The average molecular weight is 146 g/mol. The molecule has 0 atom stereocenters. The fourth-order valence-corrected chi connectivity index (χ4v) is 1.24. The Labute approximate surface area is 66.3 Å². The Balaban J connectivity index is 2.42. The van der Waals surface area contributed by atoms with Crippen LogP contribution in [0.2, 0.25) is 0 Å². The van der Waals surface area contributed by atoms with E-state index in [1.54, 1.807) is 0 Å².